The number of aliphatic carboxylic acids is 1. The van der Waals surface area contributed by atoms with Gasteiger partial charge in [0.25, 0.3) is 5.91 Å². The lowest BCUT2D eigenvalue weighted by molar-refractivity contribution is -0.141. The van der Waals surface area contributed by atoms with Crippen molar-refractivity contribution in [3.05, 3.63) is 53.4 Å². The van der Waals surface area contributed by atoms with Crippen LogP contribution in [0.5, 0.6) is 0 Å². The van der Waals surface area contributed by atoms with Crippen LogP contribution in [0, 0.1) is 0 Å². The fraction of sp³-hybridized carbons (Fsp3) is 0.353. The van der Waals surface area contributed by atoms with Gasteiger partial charge in [-0.25, -0.2) is 4.79 Å². The fourth-order valence-electron chi connectivity index (χ4n) is 2.21. The zero-order valence-corrected chi connectivity index (χ0v) is 13.4. The van der Waals surface area contributed by atoms with Crippen LogP contribution in [0.15, 0.2) is 40.9 Å². The average Bonchev–Trinajstić information content (AvgIpc) is 3.02. The molecule has 6 heteroatoms. The number of aromatic nitrogens is 1. The van der Waals surface area contributed by atoms with E-state index in [-0.39, 0.29) is 18.0 Å². The third-order valence-electron chi connectivity index (χ3n) is 3.66. The van der Waals surface area contributed by atoms with Gasteiger partial charge in [0.15, 0.2) is 5.69 Å². The van der Waals surface area contributed by atoms with Crippen molar-refractivity contribution in [2.75, 3.05) is 7.05 Å². The maximum absolute atomic E-state index is 12.5. The summed E-state index contributed by atoms with van der Waals surface area (Å²) in [5.41, 5.74) is 0.970. The number of likely N-dealkylation sites (N-methyl/N-ethyl adjacent to an activating group) is 1. The molecule has 2 rings (SSSR count). The van der Waals surface area contributed by atoms with Crippen molar-refractivity contribution in [1.82, 2.24) is 10.1 Å². The number of hydrogen-bond donors (Lipinski definition) is 1. The van der Waals surface area contributed by atoms with Crippen molar-refractivity contribution in [3.8, 4) is 0 Å². The van der Waals surface area contributed by atoms with E-state index < -0.39 is 17.9 Å². The van der Waals surface area contributed by atoms with Crippen LogP contribution in [0.3, 0.4) is 0 Å². The van der Waals surface area contributed by atoms with Crippen molar-refractivity contribution in [3.63, 3.8) is 0 Å². The normalized spacial score (nSPS) is 12.2. The molecule has 0 aliphatic carbocycles. The average molecular weight is 316 g/mol. The number of nitrogens with zero attached hydrogens (tertiary/aromatic N) is 2. The molecule has 1 aromatic heterocycles. The quantitative estimate of drug-likeness (QED) is 0.885. The maximum Gasteiger partial charge on any atom is 0.326 e. The van der Waals surface area contributed by atoms with Gasteiger partial charge in [0.2, 0.25) is 0 Å². The molecular weight excluding hydrogens is 296 g/mol. The summed E-state index contributed by atoms with van der Waals surface area (Å²) in [5.74, 6) is -0.827. The van der Waals surface area contributed by atoms with Crippen LogP contribution >= 0.6 is 0 Å². The number of carbonyl (C=O) groups is 2. The number of amides is 1. The van der Waals surface area contributed by atoms with Gasteiger partial charge in [0.05, 0.1) is 0 Å². The molecule has 23 heavy (non-hydrogen) atoms. The van der Waals surface area contributed by atoms with Gasteiger partial charge in [-0.2, -0.15) is 0 Å². The molecule has 0 radical (unpaired) electrons. The summed E-state index contributed by atoms with van der Waals surface area (Å²) in [6.07, 6.45) is 0.229. The van der Waals surface area contributed by atoms with Crippen molar-refractivity contribution in [1.29, 1.82) is 0 Å². The first-order chi connectivity index (χ1) is 10.9. The highest BCUT2D eigenvalue weighted by atomic mass is 16.5. The number of rotatable bonds is 6. The molecule has 0 saturated heterocycles. The standard InChI is InChI=1S/C17H20N2O4/c1-11(2)15-10-13(18-23-15)16(20)19(3)14(17(21)22)9-12-7-5-4-6-8-12/h4-8,10-11,14H,9H2,1-3H3,(H,21,22). The lowest BCUT2D eigenvalue weighted by Gasteiger charge is -2.24. The highest BCUT2D eigenvalue weighted by Gasteiger charge is 2.29. The Balaban J connectivity index is 2.17. The summed E-state index contributed by atoms with van der Waals surface area (Å²) in [4.78, 5) is 25.2. The van der Waals surface area contributed by atoms with Gasteiger partial charge in [0, 0.05) is 25.5 Å². The minimum atomic E-state index is -1.06. The van der Waals surface area contributed by atoms with E-state index in [9.17, 15) is 14.7 Å². The molecule has 1 N–H and O–H groups in total. The summed E-state index contributed by atoms with van der Waals surface area (Å²) in [6.45, 7) is 3.85. The number of benzene rings is 1. The summed E-state index contributed by atoms with van der Waals surface area (Å²) in [5, 5.41) is 13.2. The molecule has 2 aromatic rings. The molecule has 0 aliphatic heterocycles. The molecule has 0 bridgehead atoms. The maximum atomic E-state index is 12.5. The van der Waals surface area contributed by atoms with E-state index in [2.05, 4.69) is 5.16 Å². The van der Waals surface area contributed by atoms with Crippen LogP contribution in [0.1, 0.15) is 41.6 Å². The molecule has 1 unspecified atom stereocenters. The molecule has 0 spiro atoms. The van der Waals surface area contributed by atoms with E-state index in [1.165, 1.54) is 11.9 Å². The first kappa shape index (κ1) is 16.7. The van der Waals surface area contributed by atoms with Gasteiger partial charge >= 0.3 is 5.97 Å². The largest absolute Gasteiger partial charge is 0.480 e. The van der Waals surface area contributed by atoms with Crippen molar-refractivity contribution in [2.24, 2.45) is 0 Å². The fourth-order valence-corrected chi connectivity index (χ4v) is 2.21. The van der Waals surface area contributed by atoms with Gasteiger partial charge in [-0.3, -0.25) is 4.79 Å². The number of carboxylic acid groups (broad SMARTS) is 1. The predicted octanol–water partition coefficient (Wildman–Crippen LogP) is 2.57. The van der Waals surface area contributed by atoms with Crippen molar-refractivity contribution < 1.29 is 19.2 Å². The minimum absolute atomic E-state index is 0.106. The molecule has 122 valence electrons. The zero-order valence-electron chi connectivity index (χ0n) is 13.4. The Morgan fingerprint density at radius 2 is 1.91 bits per heavy atom. The van der Waals surface area contributed by atoms with Crippen LogP contribution in [0.2, 0.25) is 0 Å². The SMILES string of the molecule is CC(C)c1cc(C(=O)N(C)C(Cc2ccccc2)C(=O)O)no1. The lowest BCUT2D eigenvalue weighted by atomic mass is 10.0. The van der Waals surface area contributed by atoms with Crippen molar-refractivity contribution in [2.45, 2.75) is 32.2 Å². The Morgan fingerprint density at radius 1 is 1.26 bits per heavy atom. The molecule has 0 aliphatic rings. The van der Waals surface area contributed by atoms with Gasteiger partial charge < -0.3 is 14.5 Å². The Hall–Kier alpha value is -2.63. The summed E-state index contributed by atoms with van der Waals surface area (Å²) < 4.78 is 5.11. The van der Waals surface area contributed by atoms with E-state index in [0.29, 0.717) is 5.76 Å². The molecule has 0 saturated carbocycles. The highest BCUT2D eigenvalue weighted by molar-refractivity contribution is 5.94. The topological polar surface area (TPSA) is 83.6 Å². The van der Waals surface area contributed by atoms with Crippen LogP contribution in [0.25, 0.3) is 0 Å². The van der Waals surface area contributed by atoms with Crippen LogP contribution in [-0.2, 0) is 11.2 Å². The Kier molecular flexibility index (Phi) is 5.16. The van der Waals surface area contributed by atoms with E-state index in [0.717, 1.165) is 5.56 Å². The monoisotopic (exact) mass is 316 g/mol. The minimum Gasteiger partial charge on any atom is -0.480 e. The van der Waals surface area contributed by atoms with Gasteiger partial charge in [-0.1, -0.05) is 49.3 Å². The summed E-state index contributed by atoms with van der Waals surface area (Å²) in [6, 6.07) is 9.79. The highest BCUT2D eigenvalue weighted by Crippen LogP contribution is 2.17. The molecule has 6 nitrogen and oxygen atoms in total. The Labute approximate surface area is 134 Å². The molecule has 1 amide bonds. The van der Waals surface area contributed by atoms with Crippen LogP contribution < -0.4 is 0 Å². The Morgan fingerprint density at radius 3 is 2.43 bits per heavy atom. The third-order valence-corrected chi connectivity index (χ3v) is 3.66. The van der Waals surface area contributed by atoms with E-state index in [4.69, 9.17) is 4.52 Å². The molecule has 0 fully saturated rings. The van der Waals surface area contributed by atoms with Gasteiger partial charge in [-0.15, -0.1) is 0 Å². The molecule has 1 heterocycles. The van der Waals surface area contributed by atoms with E-state index in [1.807, 2.05) is 44.2 Å². The smallest absolute Gasteiger partial charge is 0.326 e. The summed E-state index contributed by atoms with van der Waals surface area (Å²) >= 11 is 0. The number of carboxylic acids is 1. The lowest BCUT2D eigenvalue weighted by Crippen LogP contribution is -2.44. The summed E-state index contributed by atoms with van der Waals surface area (Å²) in [7, 11) is 1.47. The zero-order chi connectivity index (χ0) is 17.0. The van der Waals surface area contributed by atoms with Gasteiger partial charge in [0.1, 0.15) is 11.8 Å². The van der Waals surface area contributed by atoms with E-state index >= 15 is 0 Å². The van der Waals surface area contributed by atoms with Crippen molar-refractivity contribution >= 4 is 11.9 Å². The second-order valence-electron chi connectivity index (χ2n) is 5.73. The number of carbonyl (C=O) groups excluding carboxylic acids is 1. The van der Waals surface area contributed by atoms with Crippen LogP contribution in [0.4, 0.5) is 0 Å². The third kappa shape index (κ3) is 3.97. The first-order valence-electron chi connectivity index (χ1n) is 7.40. The molecule has 1 atom stereocenters. The van der Waals surface area contributed by atoms with Crippen LogP contribution in [-0.4, -0.2) is 40.1 Å². The predicted molar refractivity (Wildman–Crippen MR) is 84.3 cm³/mol. The first-order valence-corrected chi connectivity index (χ1v) is 7.40. The van der Waals surface area contributed by atoms with Gasteiger partial charge in [-0.05, 0) is 5.56 Å². The Bertz CT molecular complexity index is 679. The second-order valence-corrected chi connectivity index (χ2v) is 5.73. The second kappa shape index (κ2) is 7.09. The molecule has 1 aromatic carbocycles. The van der Waals surface area contributed by atoms with E-state index in [1.54, 1.807) is 6.07 Å². The number of hydrogen-bond acceptors (Lipinski definition) is 4. The molecular formula is C17H20N2O4.